The molecule has 0 saturated carbocycles. The highest BCUT2D eigenvalue weighted by atomic mass is 16.5. The molecule has 7 heteroatoms. The smallest absolute Gasteiger partial charge is 0.223 e. The fraction of sp³-hybridized carbons (Fsp3) is 0.240. The van der Waals surface area contributed by atoms with Crippen LogP contribution in [0.2, 0.25) is 0 Å². The number of benzene rings is 2. The zero-order valence-corrected chi connectivity index (χ0v) is 18.4. The molecule has 164 valence electrons. The van der Waals surface area contributed by atoms with Gasteiger partial charge >= 0.3 is 0 Å². The molecule has 0 fully saturated rings. The number of imidazole rings is 1. The van der Waals surface area contributed by atoms with E-state index in [1.165, 1.54) is 6.92 Å². The molecule has 7 nitrogen and oxygen atoms in total. The quantitative estimate of drug-likeness (QED) is 0.648. The maximum atomic E-state index is 13.3. The first-order chi connectivity index (χ1) is 15.5. The Kier molecular flexibility index (Phi) is 6.07. The van der Waals surface area contributed by atoms with Gasteiger partial charge in [0.2, 0.25) is 11.8 Å². The monoisotopic (exact) mass is 430 g/mol. The molecule has 3 aromatic rings. The number of nitrogens with zero attached hydrogens (tertiary/aromatic N) is 3. The van der Waals surface area contributed by atoms with Crippen molar-refractivity contribution in [3.05, 3.63) is 89.6 Å². The van der Waals surface area contributed by atoms with Crippen molar-refractivity contribution in [2.75, 3.05) is 7.11 Å². The number of hydrogen-bond donors (Lipinski definition) is 1. The number of carbonyl (C=O) groups is 2. The first-order valence-corrected chi connectivity index (χ1v) is 10.4. The Morgan fingerprint density at radius 2 is 1.91 bits per heavy atom. The van der Waals surface area contributed by atoms with E-state index in [9.17, 15) is 9.59 Å². The molecule has 2 atom stereocenters. The number of amides is 2. The summed E-state index contributed by atoms with van der Waals surface area (Å²) in [6.07, 6.45) is 7.34. The number of aryl methyl sites for hydroxylation is 1. The third-order valence-electron chi connectivity index (χ3n) is 5.72. The highest BCUT2D eigenvalue weighted by molar-refractivity contribution is 5.82. The molecule has 0 unspecified atom stereocenters. The van der Waals surface area contributed by atoms with Gasteiger partial charge in [0.15, 0.2) is 0 Å². The molecule has 0 spiro atoms. The number of ether oxygens (including phenoxy) is 1. The van der Waals surface area contributed by atoms with Crippen LogP contribution in [0.3, 0.4) is 0 Å². The van der Waals surface area contributed by atoms with Crippen LogP contribution in [-0.4, -0.2) is 33.4 Å². The molecule has 0 radical (unpaired) electrons. The summed E-state index contributed by atoms with van der Waals surface area (Å²) in [6, 6.07) is 14.6. The number of fused-ring (bicyclic) bond motifs is 1. The third-order valence-corrected chi connectivity index (χ3v) is 5.72. The van der Waals surface area contributed by atoms with Crippen LogP contribution in [0.5, 0.6) is 5.75 Å². The van der Waals surface area contributed by atoms with Gasteiger partial charge in [-0.1, -0.05) is 36.4 Å². The average molecular weight is 431 g/mol. The molecule has 1 aliphatic heterocycles. The standard InChI is InChI=1S/C25H26N4O3/c1-17(30)29-14-12-18-6-4-5-7-21(18)22(29)16-23(31)27-24(25-26-13-15-28(25)2)19-8-10-20(32-3)11-9-19/h4-15,22,24H,16H2,1-3H3,(H,27,31)/t22-,24+/m1/s1. The van der Waals surface area contributed by atoms with E-state index in [-0.39, 0.29) is 24.3 Å². The van der Waals surface area contributed by atoms with Gasteiger partial charge in [0.05, 0.1) is 19.6 Å². The number of nitrogens with one attached hydrogen (secondary N) is 1. The van der Waals surface area contributed by atoms with E-state index in [2.05, 4.69) is 10.3 Å². The first kappa shape index (κ1) is 21.4. The van der Waals surface area contributed by atoms with Crippen molar-refractivity contribution in [3.8, 4) is 5.75 Å². The number of hydrogen-bond acceptors (Lipinski definition) is 4. The van der Waals surface area contributed by atoms with E-state index < -0.39 is 6.04 Å². The third kappa shape index (κ3) is 4.27. The van der Waals surface area contributed by atoms with Gasteiger partial charge in [-0.05, 0) is 34.9 Å². The van der Waals surface area contributed by atoms with E-state index >= 15 is 0 Å². The number of carbonyl (C=O) groups excluding carboxylic acids is 2. The highest BCUT2D eigenvalue weighted by Gasteiger charge is 2.30. The van der Waals surface area contributed by atoms with Crippen LogP contribution in [0, 0.1) is 0 Å². The Labute approximate surface area is 187 Å². The number of aromatic nitrogens is 2. The number of methoxy groups -OCH3 is 1. The minimum absolute atomic E-state index is 0.107. The largest absolute Gasteiger partial charge is 0.497 e. The molecular weight excluding hydrogens is 404 g/mol. The van der Waals surface area contributed by atoms with Crippen LogP contribution in [0.4, 0.5) is 0 Å². The van der Waals surface area contributed by atoms with Crippen LogP contribution in [0.1, 0.15) is 47.9 Å². The van der Waals surface area contributed by atoms with Gasteiger partial charge in [-0.2, -0.15) is 0 Å². The Morgan fingerprint density at radius 3 is 2.56 bits per heavy atom. The summed E-state index contributed by atoms with van der Waals surface area (Å²) >= 11 is 0. The molecule has 2 heterocycles. The van der Waals surface area contributed by atoms with Crippen LogP contribution in [0.15, 0.2) is 67.1 Å². The van der Waals surface area contributed by atoms with E-state index in [0.717, 1.165) is 28.3 Å². The lowest BCUT2D eigenvalue weighted by Gasteiger charge is -2.32. The lowest BCUT2D eigenvalue weighted by atomic mass is 9.93. The van der Waals surface area contributed by atoms with Crippen molar-refractivity contribution >= 4 is 17.9 Å². The molecule has 1 N–H and O–H groups in total. The molecule has 1 aromatic heterocycles. The number of rotatable bonds is 6. The Balaban J connectivity index is 1.61. The minimum atomic E-state index is -0.437. The molecule has 32 heavy (non-hydrogen) atoms. The van der Waals surface area contributed by atoms with E-state index in [1.54, 1.807) is 24.4 Å². The van der Waals surface area contributed by atoms with Gasteiger partial charge in [-0.15, -0.1) is 0 Å². The summed E-state index contributed by atoms with van der Waals surface area (Å²) in [4.78, 5) is 31.6. The molecule has 0 bridgehead atoms. The Hall–Kier alpha value is -3.87. The Morgan fingerprint density at radius 1 is 1.16 bits per heavy atom. The van der Waals surface area contributed by atoms with Crippen LogP contribution < -0.4 is 10.1 Å². The molecule has 2 aromatic carbocycles. The topological polar surface area (TPSA) is 76.5 Å². The second kappa shape index (κ2) is 9.09. The summed E-state index contributed by atoms with van der Waals surface area (Å²) in [6.45, 7) is 1.51. The summed E-state index contributed by atoms with van der Waals surface area (Å²) in [5.74, 6) is 1.18. The molecule has 2 amide bonds. The SMILES string of the molecule is COc1ccc([C@H](NC(=O)C[C@@H]2c3ccccc3C=CN2C(C)=O)c2nccn2C)cc1. The van der Waals surface area contributed by atoms with Crippen LogP contribution in [-0.2, 0) is 16.6 Å². The van der Waals surface area contributed by atoms with E-state index in [4.69, 9.17) is 4.74 Å². The van der Waals surface area contributed by atoms with Gasteiger partial charge < -0.3 is 19.5 Å². The summed E-state index contributed by atoms with van der Waals surface area (Å²) in [5.41, 5.74) is 2.86. The van der Waals surface area contributed by atoms with Gasteiger partial charge in [0.1, 0.15) is 17.6 Å². The van der Waals surface area contributed by atoms with Crippen LogP contribution >= 0.6 is 0 Å². The van der Waals surface area contributed by atoms with Crippen molar-refractivity contribution in [1.29, 1.82) is 0 Å². The van der Waals surface area contributed by atoms with Crippen molar-refractivity contribution < 1.29 is 14.3 Å². The van der Waals surface area contributed by atoms with Crippen molar-refractivity contribution in [1.82, 2.24) is 19.8 Å². The molecule has 0 saturated heterocycles. The fourth-order valence-corrected chi connectivity index (χ4v) is 4.06. The van der Waals surface area contributed by atoms with Crippen molar-refractivity contribution in [3.63, 3.8) is 0 Å². The first-order valence-electron chi connectivity index (χ1n) is 10.4. The van der Waals surface area contributed by atoms with E-state index in [0.29, 0.717) is 0 Å². The predicted octanol–water partition coefficient (Wildman–Crippen LogP) is 3.60. The summed E-state index contributed by atoms with van der Waals surface area (Å²) < 4.78 is 7.15. The fourth-order valence-electron chi connectivity index (χ4n) is 4.06. The predicted molar refractivity (Wildman–Crippen MR) is 122 cm³/mol. The van der Waals surface area contributed by atoms with E-state index in [1.807, 2.05) is 72.4 Å². The zero-order chi connectivity index (χ0) is 22.7. The Bertz CT molecular complexity index is 1150. The maximum Gasteiger partial charge on any atom is 0.223 e. The van der Waals surface area contributed by atoms with Crippen LogP contribution in [0.25, 0.3) is 6.08 Å². The molecular formula is C25H26N4O3. The zero-order valence-electron chi connectivity index (χ0n) is 18.4. The van der Waals surface area contributed by atoms with Crippen molar-refractivity contribution in [2.45, 2.75) is 25.4 Å². The highest BCUT2D eigenvalue weighted by Crippen LogP contribution is 2.33. The molecule has 4 rings (SSSR count). The second-order valence-electron chi connectivity index (χ2n) is 7.76. The lowest BCUT2D eigenvalue weighted by molar-refractivity contribution is -0.130. The normalized spacial score (nSPS) is 15.7. The summed E-state index contributed by atoms with van der Waals surface area (Å²) in [5, 5.41) is 3.13. The average Bonchev–Trinajstić information content (AvgIpc) is 3.23. The summed E-state index contributed by atoms with van der Waals surface area (Å²) in [7, 11) is 3.51. The molecule has 1 aliphatic rings. The van der Waals surface area contributed by atoms with Gasteiger partial charge in [0.25, 0.3) is 0 Å². The minimum Gasteiger partial charge on any atom is -0.497 e. The molecule has 0 aliphatic carbocycles. The van der Waals surface area contributed by atoms with Crippen molar-refractivity contribution in [2.24, 2.45) is 7.05 Å². The van der Waals surface area contributed by atoms with Gasteiger partial charge in [-0.25, -0.2) is 4.98 Å². The lowest BCUT2D eigenvalue weighted by Crippen LogP contribution is -2.37. The maximum absolute atomic E-state index is 13.3. The second-order valence-corrected chi connectivity index (χ2v) is 7.76. The van der Waals surface area contributed by atoms with Gasteiger partial charge in [0, 0.05) is 32.6 Å². The van der Waals surface area contributed by atoms with Gasteiger partial charge in [-0.3, -0.25) is 9.59 Å².